The lowest BCUT2D eigenvalue weighted by Crippen LogP contribution is -2.27. The van der Waals surface area contributed by atoms with Crippen LogP contribution in [-0.2, 0) is 11.3 Å². The lowest BCUT2D eigenvalue weighted by atomic mass is 9.94. The Morgan fingerprint density at radius 2 is 1.59 bits per heavy atom. The molecular formula is C35H34FN3O5. The van der Waals surface area contributed by atoms with Crippen LogP contribution in [0.4, 0.5) is 10.1 Å². The third-order valence-corrected chi connectivity index (χ3v) is 7.09. The van der Waals surface area contributed by atoms with Crippen LogP contribution in [0.3, 0.4) is 0 Å². The van der Waals surface area contributed by atoms with E-state index in [0.29, 0.717) is 33.8 Å². The summed E-state index contributed by atoms with van der Waals surface area (Å²) in [6, 6.07) is 22.0. The number of amides is 1. The zero-order valence-corrected chi connectivity index (χ0v) is 24.4. The Morgan fingerprint density at radius 1 is 0.955 bits per heavy atom. The van der Waals surface area contributed by atoms with Gasteiger partial charge in [-0.2, -0.15) is 0 Å². The molecule has 0 unspecified atom stereocenters. The predicted molar refractivity (Wildman–Crippen MR) is 167 cm³/mol. The van der Waals surface area contributed by atoms with Crippen LogP contribution in [0, 0.1) is 12.4 Å². The van der Waals surface area contributed by atoms with Crippen LogP contribution in [0.5, 0.6) is 0 Å². The SMILES string of the molecule is [C-]#[N+]c1ccc(CNC(=O)c2c(-c3ccccc3)c(-c3ccc(F)cc3)c(/C=C/[C@@H](O)C[C@@H](O)CC(=O)O)n2C(C)C)cc1. The van der Waals surface area contributed by atoms with Crippen LogP contribution >= 0.6 is 0 Å². The molecule has 2 atom stereocenters. The number of hydrogen-bond acceptors (Lipinski definition) is 4. The predicted octanol–water partition coefficient (Wildman–Crippen LogP) is 6.62. The number of benzene rings is 3. The van der Waals surface area contributed by atoms with Gasteiger partial charge in [0.15, 0.2) is 5.69 Å². The van der Waals surface area contributed by atoms with Crippen molar-refractivity contribution in [1.29, 1.82) is 0 Å². The van der Waals surface area contributed by atoms with E-state index in [1.54, 1.807) is 42.5 Å². The molecule has 226 valence electrons. The molecule has 3 aromatic carbocycles. The third kappa shape index (κ3) is 7.67. The first kappa shape index (κ1) is 31.9. The highest BCUT2D eigenvalue weighted by atomic mass is 19.1. The number of carbonyl (C=O) groups is 2. The maximum atomic E-state index is 14.1. The van der Waals surface area contributed by atoms with Crippen molar-refractivity contribution < 1.29 is 29.3 Å². The Kier molecular flexibility index (Phi) is 10.5. The van der Waals surface area contributed by atoms with Gasteiger partial charge in [0.1, 0.15) is 11.5 Å². The summed E-state index contributed by atoms with van der Waals surface area (Å²) in [6.07, 6.45) is 0.00651. The summed E-state index contributed by atoms with van der Waals surface area (Å²) in [6.45, 7) is 11.2. The number of rotatable bonds is 12. The van der Waals surface area contributed by atoms with Crippen molar-refractivity contribution in [2.24, 2.45) is 0 Å². The zero-order valence-electron chi connectivity index (χ0n) is 24.4. The van der Waals surface area contributed by atoms with E-state index >= 15 is 0 Å². The fourth-order valence-electron chi connectivity index (χ4n) is 5.12. The highest BCUT2D eigenvalue weighted by Gasteiger charge is 2.29. The molecule has 0 aliphatic carbocycles. The molecule has 0 aliphatic rings. The maximum absolute atomic E-state index is 14.1. The second-order valence-corrected chi connectivity index (χ2v) is 10.7. The summed E-state index contributed by atoms with van der Waals surface area (Å²) in [5.41, 5.74) is 4.91. The molecule has 0 bridgehead atoms. The minimum absolute atomic E-state index is 0.192. The number of aliphatic carboxylic acids is 1. The number of nitrogens with one attached hydrogen (secondary N) is 1. The number of carboxylic acids is 1. The molecule has 0 radical (unpaired) electrons. The molecule has 1 amide bonds. The van der Waals surface area contributed by atoms with Crippen molar-refractivity contribution in [1.82, 2.24) is 9.88 Å². The number of hydrogen-bond donors (Lipinski definition) is 4. The average Bonchev–Trinajstić information content (AvgIpc) is 3.35. The molecule has 0 saturated carbocycles. The van der Waals surface area contributed by atoms with Gasteiger partial charge in [0.05, 0.1) is 25.2 Å². The quantitative estimate of drug-likeness (QED) is 0.137. The molecule has 4 N–H and O–H groups in total. The average molecular weight is 596 g/mol. The molecule has 1 heterocycles. The molecule has 1 aromatic heterocycles. The summed E-state index contributed by atoms with van der Waals surface area (Å²) in [7, 11) is 0. The second kappa shape index (κ2) is 14.4. The Balaban J connectivity index is 1.89. The van der Waals surface area contributed by atoms with Gasteiger partial charge in [-0.1, -0.05) is 72.8 Å². The van der Waals surface area contributed by atoms with Crippen molar-refractivity contribution in [3.8, 4) is 22.3 Å². The second-order valence-electron chi connectivity index (χ2n) is 10.7. The largest absolute Gasteiger partial charge is 0.481 e. The molecule has 8 nitrogen and oxygen atoms in total. The number of halogens is 1. The summed E-state index contributed by atoms with van der Waals surface area (Å²) in [5, 5.41) is 32.7. The van der Waals surface area contributed by atoms with E-state index in [9.17, 15) is 24.2 Å². The summed E-state index contributed by atoms with van der Waals surface area (Å²) < 4.78 is 15.9. The van der Waals surface area contributed by atoms with Crippen LogP contribution in [0.2, 0.25) is 0 Å². The Labute approximate surface area is 255 Å². The summed E-state index contributed by atoms with van der Waals surface area (Å²) in [5.74, 6) is -1.95. The standard InChI is InChI=1S/C35H34FN3O5/c1-22(2)39-30(18-17-28(40)19-29(41)20-31(42)43)32(25-11-13-26(36)14-12-25)33(24-7-5-4-6-8-24)34(39)35(44)38-21-23-9-15-27(37-3)16-10-23/h4-18,22,28-29,40-41H,19-21H2,1-2H3,(H,38,44)(H,42,43)/b18-17+/t28-,29-/m1/s1. The van der Waals surface area contributed by atoms with E-state index in [2.05, 4.69) is 10.2 Å². The first-order chi connectivity index (χ1) is 21.1. The summed E-state index contributed by atoms with van der Waals surface area (Å²) >= 11 is 0. The summed E-state index contributed by atoms with van der Waals surface area (Å²) in [4.78, 5) is 28.5. The van der Waals surface area contributed by atoms with Crippen molar-refractivity contribution in [3.05, 3.63) is 119 Å². The topological polar surface area (TPSA) is 116 Å². The van der Waals surface area contributed by atoms with E-state index < -0.39 is 30.4 Å². The molecule has 0 saturated heterocycles. The van der Waals surface area contributed by atoms with Crippen molar-refractivity contribution in [2.45, 2.75) is 51.5 Å². The first-order valence-electron chi connectivity index (χ1n) is 14.2. The third-order valence-electron chi connectivity index (χ3n) is 7.09. The van der Waals surface area contributed by atoms with E-state index in [4.69, 9.17) is 11.7 Å². The van der Waals surface area contributed by atoms with Gasteiger partial charge in [-0.05, 0) is 48.7 Å². The van der Waals surface area contributed by atoms with Crippen LogP contribution in [0.25, 0.3) is 33.2 Å². The van der Waals surface area contributed by atoms with Crippen molar-refractivity contribution in [3.63, 3.8) is 0 Å². The normalized spacial score (nSPS) is 12.7. The molecular weight excluding hydrogens is 561 g/mol. The minimum Gasteiger partial charge on any atom is -0.481 e. The highest BCUT2D eigenvalue weighted by Crippen LogP contribution is 2.42. The van der Waals surface area contributed by atoms with Gasteiger partial charge in [0.2, 0.25) is 0 Å². The molecule has 4 rings (SSSR count). The van der Waals surface area contributed by atoms with Crippen LogP contribution in [0.1, 0.15) is 54.5 Å². The van der Waals surface area contributed by atoms with Crippen LogP contribution in [0.15, 0.2) is 84.9 Å². The van der Waals surface area contributed by atoms with Crippen LogP contribution in [-0.4, -0.2) is 44.0 Å². The van der Waals surface area contributed by atoms with Gasteiger partial charge < -0.3 is 25.2 Å². The lowest BCUT2D eigenvalue weighted by Gasteiger charge is -2.17. The fourth-order valence-corrected chi connectivity index (χ4v) is 5.12. The van der Waals surface area contributed by atoms with E-state index in [1.165, 1.54) is 18.2 Å². The van der Waals surface area contributed by atoms with Crippen molar-refractivity contribution >= 4 is 23.6 Å². The number of aromatic nitrogens is 1. The number of nitrogens with zero attached hydrogens (tertiary/aromatic N) is 2. The van der Waals surface area contributed by atoms with Gasteiger partial charge in [0, 0.05) is 35.8 Å². The Bertz CT molecular complexity index is 1670. The highest BCUT2D eigenvalue weighted by molar-refractivity contribution is 6.06. The first-order valence-corrected chi connectivity index (χ1v) is 14.2. The number of aliphatic hydroxyl groups excluding tert-OH is 2. The molecule has 0 aliphatic heterocycles. The number of aliphatic hydroxyl groups is 2. The van der Waals surface area contributed by atoms with Gasteiger partial charge in [-0.3, -0.25) is 9.59 Å². The molecule has 4 aromatic rings. The number of carboxylic acid groups (broad SMARTS) is 1. The molecule has 0 spiro atoms. The lowest BCUT2D eigenvalue weighted by molar-refractivity contribution is -0.139. The molecule has 0 fully saturated rings. The smallest absolute Gasteiger partial charge is 0.305 e. The number of carbonyl (C=O) groups excluding carboxylic acids is 1. The van der Waals surface area contributed by atoms with Crippen LogP contribution < -0.4 is 5.32 Å². The van der Waals surface area contributed by atoms with Gasteiger partial charge >= 0.3 is 5.97 Å². The molecule has 44 heavy (non-hydrogen) atoms. The molecule has 9 heteroatoms. The van der Waals surface area contributed by atoms with Crippen molar-refractivity contribution in [2.75, 3.05) is 0 Å². The zero-order chi connectivity index (χ0) is 31.8. The Hall–Kier alpha value is -5.04. The van der Waals surface area contributed by atoms with E-state index in [0.717, 1.165) is 11.1 Å². The minimum atomic E-state index is -1.24. The van der Waals surface area contributed by atoms with Gasteiger partial charge in [-0.15, -0.1) is 0 Å². The Morgan fingerprint density at radius 3 is 2.18 bits per heavy atom. The monoisotopic (exact) mass is 595 g/mol. The fraction of sp³-hybridized carbons (Fsp3) is 0.229. The maximum Gasteiger partial charge on any atom is 0.305 e. The van der Waals surface area contributed by atoms with Gasteiger partial charge in [-0.25, -0.2) is 9.24 Å². The van der Waals surface area contributed by atoms with Gasteiger partial charge in [0.25, 0.3) is 5.91 Å². The van der Waals surface area contributed by atoms with E-state index in [1.807, 2.05) is 48.7 Å². The van der Waals surface area contributed by atoms with E-state index in [-0.39, 0.29) is 24.9 Å².